The molecule has 1 heterocycles. The zero-order valence-corrected chi connectivity index (χ0v) is 28.5. The molecule has 268 valence electrons. The summed E-state index contributed by atoms with van der Waals surface area (Å²) >= 11 is 0. The van der Waals surface area contributed by atoms with Gasteiger partial charge in [-0.15, -0.1) is 0 Å². The summed E-state index contributed by atoms with van der Waals surface area (Å²) in [5.41, 5.74) is 0. The van der Waals surface area contributed by atoms with E-state index in [2.05, 4.69) is 0 Å². The highest BCUT2D eigenvalue weighted by Gasteiger charge is 2.42. The van der Waals surface area contributed by atoms with E-state index in [1.54, 1.807) is 0 Å². The molecule has 0 N–H and O–H groups in total. The quantitative estimate of drug-likeness (QED) is 0.361. The standard InChI is InChI=1S/C36H64O10/c1-5-29-30-6-2-10-34(29)44-26-22-40-18-14-38-16-20-42-24-28-46-36-12-4-7-31-32(36)8-3-11-35(31)45-27-23-41-19-15-37-13-17-39-21-25-43-33(30)9-1/h29-36H,1-28H2. The molecule has 0 aromatic heterocycles. The van der Waals surface area contributed by atoms with Crippen molar-refractivity contribution < 1.29 is 47.4 Å². The van der Waals surface area contributed by atoms with Gasteiger partial charge in [0.1, 0.15) is 0 Å². The predicted octanol–water partition coefficient (Wildman–Crippen LogP) is 4.84. The van der Waals surface area contributed by atoms with Crippen LogP contribution in [0.15, 0.2) is 0 Å². The van der Waals surface area contributed by atoms with Crippen LogP contribution in [0.2, 0.25) is 0 Å². The summed E-state index contributed by atoms with van der Waals surface area (Å²) in [5, 5.41) is 0. The summed E-state index contributed by atoms with van der Waals surface area (Å²) in [7, 11) is 0. The second-order valence-corrected chi connectivity index (χ2v) is 13.7. The Morgan fingerprint density at radius 2 is 0.413 bits per heavy atom. The van der Waals surface area contributed by atoms with Crippen molar-refractivity contribution in [1.29, 1.82) is 0 Å². The third-order valence-corrected chi connectivity index (χ3v) is 10.8. The maximum Gasteiger partial charge on any atom is 0.0704 e. The second-order valence-electron chi connectivity index (χ2n) is 13.7. The van der Waals surface area contributed by atoms with Gasteiger partial charge in [-0.25, -0.2) is 0 Å². The largest absolute Gasteiger partial charge is 0.377 e. The van der Waals surface area contributed by atoms with Gasteiger partial charge in [-0.3, -0.25) is 0 Å². The predicted molar refractivity (Wildman–Crippen MR) is 173 cm³/mol. The fourth-order valence-corrected chi connectivity index (χ4v) is 8.72. The summed E-state index contributed by atoms with van der Waals surface area (Å²) < 4.78 is 60.1. The third-order valence-electron chi connectivity index (χ3n) is 10.8. The average Bonchev–Trinajstić information content (AvgIpc) is 3.08. The van der Waals surface area contributed by atoms with Gasteiger partial charge in [-0.05, 0) is 75.0 Å². The van der Waals surface area contributed by atoms with Crippen molar-refractivity contribution in [3.63, 3.8) is 0 Å². The van der Waals surface area contributed by atoms with Crippen LogP contribution in [-0.2, 0) is 47.4 Å². The van der Waals surface area contributed by atoms with E-state index in [4.69, 9.17) is 47.4 Å². The molecule has 0 spiro atoms. The van der Waals surface area contributed by atoms with Crippen LogP contribution < -0.4 is 0 Å². The van der Waals surface area contributed by atoms with Crippen molar-refractivity contribution in [3.05, 3.63) is 0 Å². The number of rotatable bonds is 0. The number of hydrogen-bond acceptors (Lipinski definition) is 10. The van der Waals surface area contributed by atoms with Crippen LogP contribution in [-0.4, -0.2) is 130 Å². The van der Waals surface area contributed by atoms with E-state index >= 15 is 0 Å². The van der Waals surface area contributed by atoms with Crippen molar-refractivity contribution in [2.45, 2.75) is 101 Å². The minimum Gasteiger partial charge on any atom is -0.377 e. The zero-order chi connectivity index (χ0) is 31.5. The lowest BCUT2D eigenvalue weighted by Crippen LogP contribution is -2.44. The van der Waals surface area contributed by atoms with E-state index in [1.165, 1.54) is 51.4 Å². The van der Waals surface area contributed by atoms with Crippen LogP contribution in [0.3, 0.4) is 0 Å². The van der Waals surface area contributed by atoms with Gasteiger partial charge in [0.05, 0.1) is 130 Å². The lowest BCUT2D eigenvalue weighted by molar-refractivity contribution is -0.120. The first-order valence-corrected chi connectivity index (χ1v) is 18.8. The van der Waals surface area contributed by atoms with Crippen molar-refractivity contribution in [1.82, 2.24) is 0 Å². The molecule has 8 unspecified atom stereocenters. The Hall–Kier alpha value is -0.400. The van der Waals surface area contributed by atoms with E-state index in [1.807, 2.05) is 0 Å². The molecule has 5 fully saturated rings. The molecule has 0 aromatic rings. The maximum atomic E-state index is 6.36. The first-order chi connectivity index (χ1) is 22.9. The maximum absolute atomic E-state index is 6.36. The van der Waals surface area contributed by atoms with E-state index in [0.717, 1.165) is 25.7 Å². The first kappa shape index (κ1) is 36.9. The van der Waals surface area contributed by atoms with E-state index in [9.17, 15) is 0 Å². The topological polar surface area (TPSA) is 92.3 Å². The molecular formula is C36H64O10. The van der Waals surface area contributed by atoms with Gasteiger partial charge in [0.2, 0.25) is 0 Å². The van der Waals surface area contributed by atoms with Crippen LogP contribution in [0.1, 0.15) is 77.0 Å². The monoisotopic (exact) mass is 656 g/mol. The van der Waals surface area contributed by atoms with Crippen molar-refractivity contribution in [3.8, 4) is 0 Å². The smallest absolute Gasteiger partial charge is 0.0704 e. The van der Waals surface area contributed by atoms with Crippen molar-refractivity contribution in [2.75, 3.05) is 106 Å². The molecule has 8 bridgehead atoms. The van der Waals surface area contributed by atoms with Gasteiger partial charge in [-0.2, -0.15) is 0 Å². The SMILES string of the molecule is C1CC2OCCOCCOCCOCCOC3CCCC4C(CCCC34)OCCOCCOCCOCCOC3CCCC2C3C1. The third kappa shape index (κ3) is 12.5. The molecule has 4 saturated carbocycles. The van der Waals surface area contributed by atoms with Gasteiger partial charge in [0.15, 0.2) is 0 Å². The lowest BCUT2D eigenvalue weighted by Gasteiger charge is -2.45. The van der Waals surface area contributed by atoms with Gasteiger partial charge in [0.25, 0.3) is 0 Å². The van der Waals surface area contributed by atoms with Crippen LogP contribution >= 0.6 is 0 Å². The molecule has 0 radical (unpaired) electrons. The Morgan fingerprint density at radius 1 is 0.217 bits per heavy atom. The second kappa shape index (κ2) is 22.3. The lowest BCUT2D eigenvalue weighted by atomic mass is 9.68. The normalized spacial score (nSPS) is 38.6. The Balaban J connectivity index is 1.01. The summed E-state index contributed by atoms with van der Waals surface area (Å²) in [5.74, 6) is 2.36. The fraction of sp³-hybridized carbons (Fsp3) is 1.00. The molecule has 0 aromatic carbocycles. The van der Waals surface area contributed by atoms with Gasteiger partial charge in [-0.1, -0.05) is 25.7 Å². The highest BCUT2D eigenvalue weighted by Crippen LogP contribution is 2.44. The molecule has 5 aliphatic rings. The molecule has 8 atom stereocenters. The van der Waals surface area contributed by atoms with E-state index in [-0.39, 0.29) is 0 Å². The fourth-order valence-electron chi connectivity index (χ4n) is 8.72. The summed E-state index contributed by atoms with van der Waals surface area (Å²) in [6.07, 6.45) is 15.7. The molecule has 10 nitrogen and oxygen atoms in total. The zero-order valence-electron chi connectivity index (χ0n) is 28.5. The Bertz CT molecular complexity index is 651. The van der Waals surface area contributed by atoms with E-state index < -0.39 is 0 Å². The Morgan fingerprint density at radius 3 is 0.630 bits per heavy atom. The minimum absolute atomic E-state index is 0.318. The molecule has 5 rings (SSSR count). The molecule has 46 heavy (non-hydrogen) atoms. The number of hydrogen-bond donors (Lipinski definition) is 0. The average molecular weight is 657 g/mol. The van der Waals surface area contributed by atoms with Gasteiger partial charge >= 0.3 is 0 Å². The molecule has 10 heteroatoms. The number of ether oxygens (including phenoxy) is 10. The Kier molecular flexibility index (Phi) is 17.9. The summed E-state index contributed by atoms with van der Waals surface area (Å²) in [6.45, 7) is 9.59. The molecule has 1 aliphatic heterocycles. The summed E-state index contributed by atoms with van der Waals surface area (Å²) in [4.78, 5) is 0. The molecular weight excluding hydrogens is 592 g/mol. The van der Waals surface area contributed by atoms with Crippen LogP contribution in [0.5, 0.6) is 0 Å². The summed E-state index contributed by atoms with van der Waals surface area (Å²) in [6, 6.07) is 0. The van der Waals surface area contributed by atoms with Gasteiger partial charge in [0, 0.05) is 0 Å². The van der Waals surface area contributed by atoms with Crippen LogP contribution in [0.4, 0.5) is 0 Å². The first-order valence-electron chi connectivity index (χ1n) is 18.8. The highest BCUT2D eigenvalue weighted by molar-refractivity contribution is 4.92. The molecule has 0 amide bonds. The highest BCUT2D eigenvalue weighted by atomic mass is 16.6. The van der Waals surface area contributed by atoms with Crippen LogP contribution in [0, 0.1) is 23.7 Å². The van der Waals surface area contributed by atoms with Crippen LogP contribution in [0.25, 0.3) is 0 Å². The molecule has 4 aliphatic carbocycles. The van der Waals surface area contributed by atoms with E-state index in [0.29, 0.717) is 154 Å². The minimum atomic E-state index is 0.318. The van der Waals surface area contributed by atoms with Crippen molar-refractivity contribution >= 4 is 0 Å². The Labute approximate surface area is 278 Å². The molecule has 1 saturated heterocycles. The van der Waals surface area contributed by atoms with Crippen molar-refractivity contribution in [2.24, 2.45) is 23.7 Å². The van der Waals surface area contributed by atoms with Gasteiger partial charge < -0.3 is 47.4 Å².